The summed E-state index contributed by atoms with van der Waals surface area (Å²) in [7, 11) is 0. The molecule has 0 fully saturated rings. The molecule has 0 bridgehead atoms. The molecule has 0 aliphatic rings. The van der Waals surface area contributed by atoms with Crippen molar-refractivity contribution in [1.29, 1.82) is 0 Å². The van der Waals surface area contributed by atoms with Crippen LogP contribution in [0.2, 0.25) is 0 Å². The number of rotatable bonds is 10. The van der Waals surface area contributed by atoms with E-state index in [0.29, 0.717) is 29.8 Å². The molecule has 31 heavy (non-hydrogen) atoms. The minimum Gasteiger partial charge on any atom is -0.489 e. The zero-order valence-electron chi connectivity index (χ0n) is 17.0. The Hall–Kier alpha value is -2.97. The predicted octanol–water partition coefficient (Wildman–Crippen LogP) is 5.55. The maximum absolute atomic E-state index is 11.5. The molecule has 0 unspecified atom stereocenters. The summed E-state index contributed by atoms with van der Waals surface area (Å²) in [5.74, 6) is 0.425. The molecule has 8 heteroatoms. The van der Waals surface area contributed by atoms with Crippen molar-refractivity contribution in [3.8, 4) is 5.75 Å². The van der Waals surface area contributed by atoms with Gasteiger partial charge in [0.2, 0.25) is 5.13 Å². The highest BCUT2D eigenvalue weighted by Crippen LogP contribution is 2.22. The Balaban J connectivity index is 1.57. The van der Waals surface area contributed by atoms with Crippen LogP contribution in [0.25, 0.3) is 6.08 Å². The largest absolute Gasteiger partial charge is 0.489 e. The molecule has 3 aromatic rings. The summed E-state index contributed by atoms with van der Waals surface area (Å²) in [6, 6.07) is 15.8. The first-order valence-electron chi connectivity index (χ1n) is 9.67. The molecule has 0 spiro atoms. The van der Waals surface area contributed by atoms with Gasteiger partial charge in [-0.15, -0.1) is 11.3 Å². The molecule has 2 aromatic carbocycles. The van der Waals surface area contributed by atoms with Crippen molar-refractivity contribution in [2.45, 2.75) is 13.3 Å². The van der Waals surface area contributed by atoms with E-state index in [1.807, 2.05) is 66.1 Å². The van der Waals surface area contributed by atoms with E-state index in [1.54, 1.807) is 13.1 Å². The van der Waals surface area contributed by atoms with Crippen LogP contribution in [0.5, 0.6) is 5.75 Å². The molecule has 0 atom stereocenters. The van der Waals surface area contributed by atoms with Gasteiger partial charge >= 0.3 is 5.97 Å². The number of hydrogen-bond acceptors (Lipinski definition) is 7. The van der Waals surface area contributed by atoms with Gasteiger partial charge in [-0.3, -0.25) is 10.2 Å². The Morgan fingerprint density at radius 2 is 2.10 bits per heavy atom. The second-order valence-electron chi connectivity index (χ2n) is 6.30. The van der Waals surface area contributed by atoms with E-state index < -0.39 is 0 Å². The van der Waals surface area contributed by atoms with Gasteiger partial charge < -0.3 is 9.47 Å². The Bertz CT molecular complexity index is 1050. The monoisotopic (exact) mass is 499 g/mol. The van der Waals surface area contributed by atoms with Crippen molar-refractivity contribution >= 4 is 50.7 Å². The minimum atomic E-state index is -0.292. The Labute approximate surface area is 193 Å². The Morgan fingerprint density at radius 1 is 1.26 bits per heavy atom. The molecule has 0 amide bonds. The fourth-order valence-electron chi connectivity index (χ4n) is 2.59. The summed E-state index contributed by atoms with van der Waals surface area (Å²) < 4.78 is 11.8. The molecule has 1 aromatic heterocycles. The van der Waals surface area contributed by atoms with Gasteiger partial charge in [-0.2, -0.15) is 5.10 Å². The van der Waals surface area contributed by atoms with Gasteiger partial charge in [0, 0.05) is 15.4 Å². The number of halogens is 1. The van der Waals surface area contributed by atoms with Gasteiger partial charge in [-0.05, 0) is 36.8 Å². The summed E-state index contributed by atoms with van der Waals surface area (Å²) >= 11 is 4.85. The quantitative estimate of drug-likeness (QED) is 0.225. The highest BCUT2D eigenvalue weighted by atomic mass is 79.9. The van der Waals surface area contributed by atoms with Gasteiger partial charge in [-0.1, -0.05) is 52.3 Å². The zero-order chi connectivity index (χ0) is 21.9. The summed E-state index contributed by atoms with van der Waals surface area (Å²) in [6.45, 7) is 2.58. The van der Waals surface area contributed by atoms with E-state index in [-0.39, 0.29) is 12.4 Å². The third-order valence-electron chi connectivity index (χ3n) is 3.96. The number of thiazole rings is 1. The first-order valence-corrected chi connectivity index (χ1v) is 11.3. The van der Waals surface area contributed by atoms with Gasteiger partial charge in [0.25, 0.3) is 0 Å². The van der Waals surface area contributed by atoms with Gasteiger partial charge in [0.1, 0.15) is 12.4 Å². The number of benzene rings is 2. The maximum Gasteiger partial charge on any atom is 0.311 e. The standard InChI is InChI=1S/C23H22BrN3O3S/c1-2-29-22(28)14-20-16-31-23(26-20)27-25-15-18-13-19(24)10-11-21(18)30-12-6-9-17-7-4-3-5-8-17/h3-11,13,15-16H,2,12,14H2,1H3,(H,26,27). The summed E-state index contributed by atoms with van der Waals surface area (Å²) in [4.78, 5) is 15.9. The Morgan fingerprint density at radius 3 is 2.90 bits per heavy atom. The number of carbonyl (C=O) groups is 1. The summed E-state index contributed by atoms with van der Waals surface area (Å²) in [5.41, 5.74) is 5.49. The zero-order valence-corrected chi connectivity index (χ0v) is 19.4. The first-order chi connectivity index (χ1) is 15.1. The predicted molar refractivity (Wildman–Crippen MR) is 129 cm³/mol. The van der Waals surface area contributed by atoms with Crippen LogP contribution >= 0.6 is 27.3 Å². The van der Waals surface area contributed by atoms with Gasteiger partial charge in [0.05, 0.1) is 24.9 Å². The molecule has 1 N–H and O–H groups in total. The number of nitrogens with zero attached hydrogens (tertiary/aromatic N) is 2. The number of hydrogen-bond donors (Lipinski definition) is 1. The average Bonchev–Trinajstić information content (AvgIpc) is 3.20. The SMILES string of the molecule is CCOC(=O)Cc1csc(NN=Cc2cc(Br)ccc2OCC=Cc2ccccc2)n1. The van der Waals surface area contributed by atoms with Crippen LogP contribution in [0.1, 0.15) is 23.7 Å². The van der Waals surface area contributed by atoms with Crippen molar-refractivity contribution in [2.75, 3.05) is 18.6 Å². The molecule has 0 saturated carbocycles. The van der Waals surface area contributed by atoms with Gasteiger partial charge in [-0.25, -0.2) is 4.98 Å². The lowest BCUT2D eigenvalue weighted by molar-refractivity contribution is -0.142. The fourth-order valence-corrected chi connectivity index (χ4v) is 3.63. The number of carbonyl (C=O) groups excluding carboxylic acids is 1. The smallest absolute Gasteiger partial charge is 0.311 e. The third kappa shape index (κ3) is 7.66. The van der Waals surface area contributed by atoms with E-state index in [1.165, 1.54) is 11.3 Å². The topological polar surface area (TPSA) is 72.8 Å². The summed E-state index contributed by atoms with van der Waals surface area (Å²) in [6.07, 6.45) is 5.81. The van der Waals surface area contributed by atoms with Crippen molar-refractivity contribution < 1.29 is 14.3 Å². The molecule has 0 radical (unpaired) electrons. The molecular formula is C23H22BrN3O3S. The van der Waals surface area contributed by atoms with Crippen LogP contribution < -0.4 is 10.2 Å². The van der Waals surface area contributed by atoms with Crippen LogP contribution in [0.3, 0.4) is 0 Å². The molecule has 0 aliphatic carbocycles. The second-order valence-corrected chi connectivity index (χ2v) is 8.08. The van der Waals surface area contributed by atoms with E-state index >= 15 is 0 Å². The molecule has 0 saturated heterocycles. The van der Waals surface area contributed by atoms with Crippen LogP contribution in [-0.4, -0.2) is 30.4 Å². The highest BCUT2D eigenvalue weighted by Gasteiger charge is 2.08. The van der Waals surface area contributed by atoms with Crippen molar-refractivity contribution in [1.82, 2.24) is 4.98 Å². The number of aromatic nitrogens is 1. The molecule has 6 nitrogen and oxygen atoms in total. The van der Waals surface area contributed by atoms with Crippen molar-refractivity contribution in [3.05, 3.63) is 81.3 Å². The van der Waals surface area contributed by atoms with E-state index in [4.69, 9.17) is 9.47 Å². The number of esters is 1. The van der Waals surface area contributed by atoms with E-state index in [2.05, 4.69) is 31.4 Å². The number of ether oxygens (including phenoxy) is 2. The third-order valence-corrected chi connectivity index (χ3v) is 5.25. The van der Waals surface area contributed by atoms with Crippen LogP contribution in [0.4, 0.5) is 5.13 Å². The van der Waals surface area contributed by atoms with E-state index in [9.17, 15) is 4.79 Å². The average molecular weight is 500 g/mol. The summed E-state index contributed by atoms with van der Waals surface area (Å²) in [5, 5.41) is 6.66. The van der Waals surface area contributed by atoms with Gasteiger partial charge in [0.15, 0.2) is 0 Å². The molecule has 0 aliphatic heterocycles. The normalized spacial score (nSPS) is 11.2. The number of hydrazone groups is 1. The maximum atomic E-state index is 11.5. The number of nitrogens with one attached hydrogen (secondary N) is 1. The van der Waals surface area contributed by atoms with Crippen LogP contribution in [0, 0.1) is 0 Å². The molecule has 1 heterocycles. The van der Waals surface area contributed by atoms with E-state index in [0.717, 1.165) is 15.6 Å². The highest BCUT2D eigenvalue weighted by molar-refractivity contribution is 9.10. The van der Waals surface area contributed by atoms with Crippen molar-refractivity contribution in [3.63, 3.8) is 0 Å². The van der Waals surface area contributed by atoms with Crippen LogP contribution in [0.15, 0.2) is 69.6 Å². The van der Waals surface area contributed by atoms with Crippen molar-refractivity contribution in [2.24, 2.45) is 5.10 Å². The molecule has 160 valence electrons. The molecular weight excluding hydrogens is 478 g/mol. The Kier molecular flexibility index (Phi) is 8.81. The lowest BCUT2D eigenvalue weighted by Crippen LogP contribution is -2.07. The fraction of sp³-hybridized carbons (Fsp3) is 0.174. The van der Waals surface area contributed by atoms with Crippen LogP contribution in [-0.2, 0) is 16.0 Å². The lowest BCUT2D eigenvalue weighted by atomic mass is 10.2. The lowest BCUT2D eigenvalue weighted by Gasteiger charge is -2.07. The molecule has 3 rings (SSSR count). The minimum absolute atomic E-state index is 0.149. The second kappa shape index (κ2) is 12.0. The number of anilines is 1. The first kappa shape index (κ1) is 22.7.